The molecular formula is C48H56N6O9S2. The number of carbonyl (C=O) groups excluding carboxylic acids is 1. The number of oxazole rings is 2. The Morgan fingerprint density at radius 1 is 0.646 bits per heavy atom. The molecule has 0 bridgehead atoms. The van der Waals surface area contributed by atoms with Crippen molar-refractivity contribution < 1.29 is 40.4 Å². The normalized spacial score (nSPS) is 14.6. The van der Waals surface area contributed by atoms with Gasteiger partial charge in [-0.1, -0.05) is 50.7 Å². The molecule has 8 rings (SSSR count). The molecule has 4 N–H and O–H groups in total. The zero-order valence-corrected chi connectivity index (χ0v) is 38.3. The standard InChI is InChI=1S/C24H27N3O4S.C18H21NO5S.C6H8N2/c1-17-22(16-32(29,30)21-7-3-2-4-8-21)27-24(31-17)20-11-9-19(10-12-20)23(28)26-15-18-6-5-13-25-14-18;1-12-16(11-25(22,23)15-5-3-2-4-6-15)19-17(24-12)13-7-9-14(10-8-13)18(20)21;7-4-6-2-1-3-8-5-6/h5-6,9-14,21H,2-4,7-8,15-16H2,1H3,(H,26,28);7-10,15H,2-6,11H2,1H3,(H,20,21);1-3,5H,4,7H2. The summed E-state index contributed by atoms with van der Waals surface area (Å²) in [6.45, 7) is 4.41. The van der Waals surface area contributed by atoms with E-state index in [1.54, 1.807) is 75.0 Å². The van der Waals surface area contributed by atoms with Crippen LogP contribution in [0.5, 0.6) is 0 Å². The molecule has 0 saturated heterocycles. The highest BCUT2D eigenvalue weighted by Crippen LogP contribution is 2.30. The number of aromatic nitrogens is 4. The van der Waals surface area contributed by atoms with Crippen molar-refractivity contribution in [2.45, 2.75) is 113 Å². The van der Waals surface area contributed by atoms with Gasteiger partial charge in [-0.3, -0.25) is 14.8 Å². The minimum absolute atomic E-state index is 0.0954. The summed E-state index contributed by atoms with van der Waals surface area (Å²) >= 11 is 0. The number of sulfone groups is 2. The van der Waals surface area contributed by atoms with Crippen LogP contribution in [-0.4, -0.2) is 64.3 Å². The Morgan fingerprint density at radius 2 is 1.08 bits per heavy atom. The Labute approximate surface area is 380 Å². The first-order chi connectivity index (χ1) is 31.2. The SMILES string of the molecule is Cc1oc(-c2ccc(C(=O)NCc3cccnc3)cc2)nc1CS(=O)(=O)C1CCCCC1.Cc1oc(-c2ccc(C(=O)O)cc2)nc1CS(=O)(=O)C1CCCCC1.NCc1cccnc1. The van der Waals surface area contributed by atoms with Gasteiger partial charge in [0.15, 0.2) is 19.7 Å². The number of carbonyl (C=O) groups is 2. The number of nitrogens with one attached hydrogen (secondary N) is 1. The fourth-order valence-electron chi connectivity index (χ4n) is 7.66. The number of aromatic carboxylic acids is 1. The molecule has 4 aromatic heterocycles. The number of hydrogen-bond donors (Lipinski definition) is 3. The number of amides is 1. The van der Waals surface area contributed by atoms with E-state index in [-0.39, 0.29) is 33.5 Å². The number of nitrogens with two attached hydrogens (primary N) is 1. The third-order valence-electron chi connectivity index (χ3n) is 11.5. The van der Waals surface area contributed by atoms with E-state index >= 15 is 0 Å². The molecule has 2 fully saturated rings. The fourth-order valence-corrected chi connectivity index (χ4v) is 11.5. The van der Waals surface area contributed by atoms with Crippen LogP contribution in [0.4, 0.5) is 0 Å². The number of benzene rings is 2. The van der Waals surface area contributed by atoms with Crippen LogP contribution in [0.15, 0.2) is 106 Å². The molecule has 0 unspecified atom stereocenters. The maximum Gasteiger partial charge on any atom is 0.335 e. The first-order valence-electron chi connectivity index (χ1n) is 21.8. The summed E-state index contributed by atoms with van der Waals surface area (Å²) in [6, 6.07) is 20.6. The highest BCUT2D eigenvalue weighted by molar-refractivity contribution is 7.91. The zero-order valence-electron chi connectivity index (χ0n) is 36.7. The van der Waals surface area contributed by atoms with E-state index in [0.717, 1.165) is 75.3 Å². The van der Waals surface area contributed by atoms with Crippen molar-refractivity contribution in [2.75, 3.05) is 0 Å². The summed E-state index contributed by atoms with van der Waals surface area (Å²) in [5.74, 6) is 0.260. The number of rotatable bonds is 13. The van der Waals surface area contributed by atoms with E-state index in [9.17, 15) is 26.4 Å². The quantitative estimate of drug-likeness (QED) is 0.0987. The predicted molar refractivity (Wildman–Crippen MR) is 247 cm³/mol. The molecule has 0 radical (unpaired) electrons. The highest BCUT2D eigenvalue weighted by atomic mass is 32.2. The van der Waals surface area contributed by atoms with Crippen LogP contribution in [-0.2, 0) is 44.3 Å². The third kappa shape index (κ3) is 13.7. The average molecular weight is 925 g/mol. The van der Waals surface area contributed by atoms with Gasteiger partial charge in [-0.15, -0.1) is 0 Å². The minimum atomic E-state index is -3.25. The summed E-state index contributed by atoms with van der Waals surface area (Å²) in [6.07, 6.45) is 15.9. The number of hydrogen-bond acceptors (Lipinski definition) is 13. The third-order valence-corrected chi connectivity index (χ3v) is 15.8. The molecule has 0 spiro atoms. The van der Waals surface area contributed by atoms with E-state index < -0.39 is 25.6 Å². The number of nitrogens with zero attached hydrogens (tertiary/aromatic N) is 4. The molecule has 6 aromatic rings. The summed E-state index contributed by atoms with van der Waals surface area (Å²) < 4.78 is 62.2. The first-order valence-corrected chi connectivity index (χ1v) is 25.2. The van der Waals surface area contributed by atoms with Crippen molar-refractivity contribution in [1.82, 2.24) is 25.3 Å². The number of carboxylic acids is 1. The molecule has 0 aliphatic heterocycles. The van der Waals surface area contributed by atoms with Crippen LogP contribution in [0.25, 0.3) is 22.9 Å². The van der Waals surface area contributed by atoms with Crippen molar-refractivity contribution in [3.05, 3.63) is 143 Å². The molecule has 0 atom stereocenters. The smallest absolute Gasteiger partial charge is 0.335 e. The molecule has 4 heterocycles. The molecule has 15 nitrogen and oxygen atoms in total. The van der Waals surface area contributed by atoms with Gasteiger partial charge in [0.25, 0.3) is 5.91 Å². The van der Waals surface area contributed by atoms with Crippen LogP contribution in [0.1, 0.15) is 119 Å². The fraction of sp³-hybridized carbons (Fsp3) is 0.375. The summed E-state index contributed by atoms with van der Waals surface area (Å²) in [7, 11) is -6.50. The van der Waals surface area contributed by atoms with Gasteiger partial charge >= 0.3 is 5.97 Å². The molecule has 2 saturated carbocycles. The minimum Gasteiger partial charge on any atom is -0.478 e. The Hall–Kier alpha value is -6.04. The second kappa shape index (κ2) is 22.7. The molecule has 344 valence electrons. The van der Waals surface area contributed by atoms with Gasteiger partial charge in [0, 0.05) is 54.6 Å². The molecule has 1 amide bonds. The highest BCUT2D eigenvalue weighted by Gasteiger charge is 2.31. The molecule has 65 heavy (non-hydrogen) atoms. The van der Waals surface area contributed by atoms with Crippen LogP contribution in [0.3, 0.4) is 0 Å². The van der Waals surface area contributed by atoms with Gasteiger partial charge in [-0.2, -0.15) is 0 Å². The molecule has 2 aliphatic carbocycles. The second-order valence-corrected chi connectivity index (χ2v) is 20.8. The molecular weight excluding hydrogens is 869 g/mol. The largest absolute Gasteiger partial charge is 0.478 e. The van der Waals surface area contributed by atoms with Crippen LogP contribution in [0.2, 0.25) is 0 Å². The van der Waals surface area contributed by atoms with Crippen molar-refractivity contribution >= 4 is 31.6 Å². The lowest BCUT2D eigenvalue weighted by Crippen LogP contribution is -2.25. The van der Waals surface area contributed by atoms with Gasteiger partial charge in [0.05, 0.1) is 39.0 Å². The van der Waals surface area contributed by atoms with Gasteiger partial charge in [-0.05, 0) is 111 Å². The topological polar surface area (TPSA) is 239 Å². The van der Waals surface area contributed by atoms with Gasteiger partial charge in [0.2, 0.25) is 11.8 Å². The van der Waals surface area contributed by atoms with Crippen molar-refractivity contribution in [3.8, 4) is 22.9 Å². The Kier molecular flexibility index (Phi) is 16.9. The molecule has 2 aromatic carbocycles. The number of pyridine rings is 2. The summed E-state index contributed by atoms with van der Waals surface area (Å²) in [5, 5.41) is 11.2. The van der Waals surface area contributed by atoms with Crippen LogP contribution in [0, 0.1) is 13.8 Å². The first kappa shape index (κ1) is 48.4. The van der Waals surface area contributed by atoms with Gasteiger partial charge in [-0.25, -0.2) is 31.6 Å². The van der Waals surface area contributed by atoms with Crippen molar-refractivity contribution in [2.24, 2.45) is 5.73 Å². The Bertz CT molecular complexity index is 2690. The molecule has 2 aliphatic rings. The average Bonchev–Trinajstić information content (AvgIpc) is 3.89. The van der Waals surface area contributed by atoms with E-state index in [1.165, 1.54) is 12.1 Å². The maximum atomic E-state index is 12.8. The van der Waals surface area contributed by atoms with Crippen LogP contribution < -0.4 is 11.1 Å². The van der Waals surface area contributed by atoms with Crippen LogP contribution >= 0.6 is 0 Å². The molecule has 17 heteroatoms. The second-order valence-electron chi connectivity index (χ2n) is 16.2. The van der Waals surface area contributed by atoms with E-state index in [1.807, 2.05) is 24.3 Å². The zero-order chi connectivity index (χ0) is 46.4. The van der Waals surface area contributed by atoms with Gasteiger partial charge < -0.3 is 25.0 Å². The summed E-state index contributed by atoms with van der Waals surface area (Å²) in [5.41, 5.74) is 10.2. The van der Waals surface area contributed by atoms with Gasteiger partial charge in [0.1, 0.15) is 11.5 Å². The van der Waals surface area contributed by atoms with E-state index in [0.29, 0.717) is 64.5 Å². The van der Waals surface area contributed by atoms with E-state index in [2.05, 4.69) is 25.3 Å². The van der Waals surface area contributed by atoms with Crippen molar-refractivity contribution in [1.29, 1.82) is 0 Å². The Balaban J connectivity index is 0.000000188. The summed E-state index contributed by atoms with van der Waals surface area (Å²) in [4.78, 5) is 40.0. The number of aryl methyl sites for hydroxylation is 2. The maximum absolute atomic E-state index is 12.8. The van der Waals surface area contributed by atoms with Crippen molar-refractivity contribution in [3.63, 3.8) is 0 Å². The lowest BCUT2D eigenvalue weighted by Gasteiger charge is -2.21. The van der Waals surface area contributed by atoms with E-state index in [4.69, 9.17) is 19.7 Å². The lowest BCUT2D eigenvalue weighted by molar-refractivity contribution is 0.0696. The predicted octanol–water partition coefficient (Wildman–Crippen LogP) is 8.36. The Morgan fingerprint density at radius 3 is 1.46 bits per heavy atom. The monoisotopic (exact) mass is 924 g/mol. The lowest BCUT2D eigenvalue weighted by atomic mass is 10.0. The number of carboxylic acid groups (broad SMARTS) is 1.